The molecule has 0 saturated carbocycles. The number of carbonyl (C=O) groups excluding carboxylic acids is 2. The maximum absolute atomic E-state index is 12.0. The lowest BCUT2D eigenvalue weighted by Gasteiger charge is -2.19. The molecule has 0 fully saturated rings. The minimum Gasteiger partial charge on any atom is -0.460 e. The van der Waals surface area contributed by atoms with Crippen LogP contribution in [0, 0.1) is 6.92 Å². The van der Waals surface area contributed by atoms with Crippen LogP contribution in [-0.2, 0) is 9.53 Å². The van der Waals surface area contributed by atoms with Gasteiger partial charge in [0.25, 0.3) is 0 Å². The Morgan fingerprint density at radius 1 is 1.11 bits per heavy atom. The molecule has 0 amide bonds. The maximum Gasteiger partial charge on any atom is 0.306 e. The van der Waals surface area contributed by atoms with E-state index in [2.05, 4.69) is 0 Å². The number of esters is 1. The highest BCUT2D eigenvalue weighted by Gasteiger charge is 2.16. The van der Waals surface area contributed by atoms with Crippen LogP contribution in [0.15, 0.2) is 24.3 Å². The van der Waals surface area contributed by atoms with Crippen molar-refractivity contribution in [1.29, 1.82) is 0 Å². The summed E-state index contributed by atoms with van der Waals surface area (Å²) in [5.41, 5.74) is 1.26. The lowest BCUT2D eigenvalue weighted by molar-refractivity contribution is -0.154. The third-order valence-electron chi connectivity index (χ3n) is 2.65. The number of ether oxygens (including phenoxy) is 1. The van der Waals surface area contributed by atoms with Gasteiger partial charge in [0.2, 0.25) is 0 Å². The van der Waals surface area contributed by atoms with Crippen molar-refractivity contribution in [1.82, 2.24) is 0 Å². The first kappa shape index (κ1) is 15.4. The quantitative estimate of drug-likeness (QED) is 0.600. The van der Waals surface area contributed by atoms with Crippen LogP contribution < -0.4 is 0 Å². The van der Waals surface area contributed by atoms with E-state index >= 15 is 0 Å². The van der Waals surface area contributed by atoms with Crippen molar-refractivity contribution >= 4 is 11.8 Å². The molecule has 0 atom stereocenters. The number of rotatable bonds is 5. The summed E-state index contributed by atoms with van der Waals surface area (Å²) in [4.78, 5) is 23.5. The second-order valence-corrected chi connectivity index (χ2v) is 5.68. The average molecular weight is 262 g/mol. The van der Waals surface area contributed by atoms with Crippen molar-refractivity contribution in [3.63, 3.8) is 0 Å². The van der Waals surface area contributed by atoms with Crippen molar-refractivity contribution in [3.05, 3.63) is 35.4 Å². The van der Waals surface area contributed by atoms with E-state index in [-0.39, 0.29) is 18.2 Å². The van der Waals surface area contributed by atoms with Gasteiger partial charge < -0.3 is 4.74 Å². The van der Waals surface area contributed by atoms with E-state index in [1.54, 1.807) is 0 Å². The predicted octanol–water partition coefficient (Wildman–Crippen LogP) is 3.69. The maximum atomic E-state index is 12.0. The second-order valence-electron chi connectivity index (χ2n) is 5.68. The summed E-state index contributed by atoms with van der Waals surface area (Å²) in [5, 5.41) is 0. The van der Waals surface area contributed by atoms with E-state index < -0.39 is 5.60 Å². The van der Waals surface area contributed by atoms with Crippen molar-refractivity contribution in [2.45, 2.75) is 52.6 Å². The van der Waals surface area contributed by atoms with Gasteiger partial charge in [-0.05, 0) is 39.7 Å². The van der Waals surface area contributed by atoms with Crippen LogP contribution in [0.4, 0.5) is 0 Å². The first-order chi connectivity index (χ1) is 8.79. The smallest absolute Gasteiger partial charge is 0.306 e. The van der Waals surface area contributed by atoms with E-state index in [0.29, 0.717) is 12.8 Å². The molecule has 1 aromatic carbocycles. The summed E-state index contributed by atoms with van der Waals surface area (Å²) in [6.07, 6.45) is 1.20. The molecule has 0 heterocycles. The monoisotopic (exact) mass is 262 g/mol. The molecule has 0 unspecified atom stereocenters. The fourth-order valence-electron chi connectivity index (χ4n) is 1.81. The molecule has 1 aromatic rings. The topological polar surface area (TPSA) is 43.4 Å². The van der Waals surface area contributed by atoms with Gasteiger partial charge in [0.15, 0.2) is 5.78 Å². The van der Waals surface area contributed by atoms with Gasteiger partial charge in [0, 0.05) is 18.4 Å². The van der Waals surface area contributed by atoms with Crippen LogP contribution >= 0.6 is 0 Å². The molecule has 104 valence electrons. The summed E-state index contributed by atoms with van der Waals surface area (Å²) in [6.45, 7) is 7.43. The minimum atomic E-state index is -0.461. The Kier molecular flexibility index (Phi) is 5.28. The fourth-order valence-corrected chi connectivity index (χ4v) is 1.81. The van der Waals surface area contributed by atoms with Crippen molar-refractivity contribution in [2.75, 3.05) is 0 Å². The summed E-state index contributed by atoms with van der Waals surface area (Å²) >= 11 is 0. The molecule has 0 radical (unpaired) electrons. The molecule has 0 N–H and O–H groups in total. The Balaban J connectivity index is 2.40. The molecule has 3 nitrogen and oxygen atoms in total. The number of aryl methyl sites for hydroxylation is 1. The Morgan fingerprint density at radius 3 is 2.32 bits per heavy atom. The Morgan fingerprint density at radius 2 is 1.74 bits per heavy atom. The number of hydrogen-bond acceptors (Lipinski definition) is 3. The largest absolute Gasteiger partial charge is 0.460 e. The van der Waals surface area contributed by atoms with Crippen LogP contribution in [0.2, 0.25) is 0 Å². The van der Waals surface area contributed by atoms with E-state index in [0.717, 1.165) is 11.1 Å². The highest BCUT2D eigenvalue weighted by Crippen LogP contribution is 2.13. The molecular weight excluding hydrogens is 240 g/mol. The number of Topliss-reactive ketones (excluding diaryl/α,β-unsaturated/α-hetero) is 1. The minimum absolute atomic E-state index is 0.0849. The molecule has 0 saturated heterocycles. The molecule has 0 aliphatic rings. The van der Waals surface area contributed by atoms with Crippen LogP contribution in [0.5, 0.6) is 0 Å². The van der Waals surface area contributed by atoms with Crippen molar-refractivity contribution in [2.24, 2.45) is 0 Å². The molecule has 19 heavy (non-hydrogen) atoms. The van der Waals surface area contributed by atoms with Gasteiger partial charge in [0.05, 0.1) is 0 Å². The number of hydrogen-bond donors (Lipinski definition) is 0. The van der Waals surface area contributed by atoms with E-state index in [1.807, 2.05) is 52.0 Å². The lowest BCUT2D eigenvalue weighted by Crippen LogP contribution is -2.23. The van der Waals surface area contributed by atoms with Gasteiger partial charge in [-0.25, -0.2) is 0 Å². The summed E-state index contributed by atoms with van der Waals surface area (Å²) < 4.78 is 5.20. The van der Waals surface area contributed by atoms with Gasteiger partial charge >= 0.3 is 5.97 Å². The van der Waals surface area contributed by atoms with Gasteiger partial charge in [0.1, 0.15) is 5.60 Å². The second kappa shape index (κ2) is 6.50. The zero-order chi connectivity index (χ0) is 14.5. The molecule has 3 heteroatoms. The Labute approximate surface area is 115 Å². The zero-order valence-corrected chi connectivity index (χ0v) is 12.2. The van der Waals surface area contributed by atoms with E-state index in [9.17, 15) is 9.59 Å². The predicted molar refractivity (Wildman–Crippen MR) is 75.2 cm³/mol. The normalized spacial score (nSPS) is 11.2. The van der Waals surface area contributed by atoms with Gasteiger partial charge in [-0.2, -0.15) is 0 Å². The van der Waals surface area contributed by atoms with Gasteiger partial charge in [-0.3, -0.25) is 9.59 Å². The Bertz CT molecular complexity index is 455. The summed E-state index contributed by atoms with van der Waals surface area (Å²) in [5.74, 6) is -0.160. The van der Waals surface area contributed by atoms with E-state index in [4.69, 9.17) is 4.74 Å². The molecule has 1 rings (SSSR count). The first-order valence-corrected chi connectivity index (χ1v) is 6.60. The lowest BCUT2D eigenvalue weighted by atomic mass is 10.0. The molecule has 0 aliphatic heterocycles. The van der Waals surface area contributed by atoms with Crippen molar-refractivity contribution < 1.29 is 14.3 Å². The molecule has 0 spiro atoms. The average Bonchev–Trinajstić information content (AvgIpc) is 2.26. The van der Waals surface area contributed by atoms with Crippen LogP contribution in [0.1, 0.15) is 56.0 Å². The zero-order valence-electron chi connectivity index (χ0n) is 12.2. The Hall–Kier alpha value is -1.64. The van der Waals surface area contributed by atoms with Crippen LogP contribution in [0.25, 0.3) is 0 Å². The SMILES string of the molecule is Cc1ccccc1C(=O)CCCC(=O)OC(C)(C)C. The third kappa shape index (κ3) is 5.69. The van der Waals surface area contributed by atoms with Gasteiger partial charge in [-0.15, -0.1) is 0 Å². The molecular formula is C16H22O3. The number of ketones is 1. The van der Waals surface area contributed by atoms with Crippen LogP contribution in [-0.4, -0.2) is 17.4 Å². The molecule has 0 aliphatic carbocycles. The molecule has 0 bridgehead atoms. The van der Waals surface area contributed by atoms with Gasteiger partial charge in [-0.1, -0.05) is 24.3 Å². The third-order valence-corrected chi connectivity index (χ3v) is 2.65. The summed E-state index contributed by atoms with van der Waals surface area (Å²) in [7, 11) is 0. The highest BCUT2D eigenvalue weighted by atomic mass is 16.6. The molecule has 0 aromatic heterocycles. The highest BCUT2D eigenvalue weighted by molar-refractivity contribution is 5.97. The first-order valence-electron chi connectivity index (χ1n) is 6.60. The van der Waals surface area contributed by atoms with Crippen LogP contribution in [0.3, 0.4) is 0 Å². The van der Waals surface area contributed by atoms with Crippen molar-refractivity contribution in [3.8, 4) is 0 Å². The van der Waals surface area contributed by atoms with E-state index in [1.165, 1.54) is 0 Å². The standard InChI is InChI=1S/C16H22O3/c1-12-8-5-6-9-13(12)14(17)10-7-11-15(18)19-16(2,3)4/h5-6,8-9H,7,10-11H2,1-4H3. The fraction of sp³-hybridized carbons (Fsp3) is 0.500. The number of carbonyl (C=O) groups is 2. The summed E-state index contributed by atoms with van der Waals surface area (Å²) in [6, 6.07) is 7.51. The number of benzene rings is 1.